The Morgan fingerprint density at radius 2 is 2.04 bits per heavy atom. The number of nitrogens with one attached hydrogen (secondary N) is 1. The van der Waals surface area contributed by atoms with Gasteiger partial charge in [-0.2, -0.15) is 0 Å². The van der Waals surface area contributed by atoms with E-state index in [9.17, 15) is 12.8 Å². The summed E-state index contributed by atoms with van der Waals surface area (Å²) in [7, 11) is -3.02. The summed E-state index contributed by atoms with van der Waals surface area (Å²) in [6, 6.07) is 9.80. The van der Waals surface area contributed by atoms with Crippen molar-refractivity contribution < 1.29 is 12.8 Å². The van der Waals surface area contributed by atoms with Crippen LogP contribution in [-0.4, -0.2) is 41.0 Å². The van der Waals surface area contributed by atoms with Crippen molar-refractivity contribution in [2.45, 2.75) is 25.6 Å². The van der Waals surface area contributed by atoms with Crippen molar-refractivity contribution >= 4 is 27.2 Å². The van der Waals surface area contributed by atoms with Gasteiger partial charge in [-0.3, -0.25) is 4.98 Å². The molecule has 1 aromatic carbocycles. The molecule has 0 bridgehead atoms. The van der Waals surface area contributed by atoms with Gasteiger partial charge in [0, 0.05) is 31.5 Å². The molecule has 0 saturated carbocycles. The molecule has 0 amide bonds. The molecule has 1 fully saturated rings. The predicted octanol–water partition coefficient (Wildman–Crippen LogP) is 2.28. The van der Waals surface area contributed by atoms with Crippen molar-refractivity contribution in [2.24, 2.45) is 0 Å². The number of nitrogens with zero attached hydrogens (tertiary/aromatic N) is 2. The van der Waals surface area contributed by atoms with Crippen LogP contribution < -0.4 is 5.32 Å². The van der Waals surface area contributed by atoms with Crippen LogP contribution in [-0.2, 0) is 22.9 Å². The van der Waals surface area contributed by atoms with E-state index < -0.39 is 9.84 Å². The van der Waals surface area contributed by atoms with E-state index in [1.807, 2.05) is 17.0 Å². The largest absolute Gasteiger partial charge is 0.358 e. The van der Waals surface area contributed by atoms with E-state index in [0.717, 1.165) is 11.1 Å². The summed E-state index contributed by atoms with van der Waals surface area (Å²) in [4.78, 5) is 6.03. The van der Waals surface area contributed by atoms with Crippen molar-refractivity contribution in [2.75, 3.05) is 11.5 Å². The standard InChI is InChI=1S/C18H20FN3O2S2/c19-16-5-3-14(4-6-16)11-21-18(25)22(12-15-2-1-8-20-10-15)17-7-9-26(23,24)13-17/h1-6,8,10,17H,7,9,11-13H2,(H,21,25)/t17-/m1/s1. The van der Waals surface area contributed by atoms with Gasteiger partial charge in [0.25, 0.3) is 0 Å². The highest BCUT2D eigenvalue weighted by Crippen LogP contribution is 2.20. The molecule has 0 aliphatic carbocycles. The fourth-order valence-corrected chi connectivity index (χ4v) is 4.97. The Bertz CT molecular complexity index is 858. The van der Waals surface area contributed by atoms with E-state index in [2.05, 4.69) is 10.3 Å². The average molecular weight is 394 g/mol. The van der Waals surface area contributed by atoms with Gasteiger partial charge in [-0.05, 0) is 48.0 Å². The first-order chi connectivity index (χ1) is 12.4. The molecule has 5 nitrogen and oxygen atoms in total. The Hall–Kier alpha value is -2.06. The van der Waals surface area contributed by atoms with E-state index >= 15 is 0 Å². The fourth-order valence-electron chi connectivity index (χ4n) is 2.96. The van der Waals surface area contributed by atoms with E-state index in [4.69, 9.17) is 12.2 Å². The second-order valence-corrected chi connectivity index (χ2v) is 8.95. The smallest absolute Gasteiger partial charge is 0.169 e. The van der Waals surface area contributed by atoms with Crippen LogP contribution in [0.25, 0.3) is 0 Å². The zero-order valence-electron chi connectivity index (χ0n) is 14.1. The minimum atomic E-state index is -3.02. The van der Waals surface area contributed by atoms with Crippen molar-refractivity contribution in [3.63, 3.8) is 0 Å². The van der Waals surface area contributed by atoms with E-state index in [0.29, 0.717) is 24.6 Å². The summed E-state index contributed by atoms with van der Waals surface area (Å²) in [5.74, 6) is -0.00126. The van der Waals surface area contributed by atoms with Gasteiger partial charge in [0.05, 0.1) is 11.5 Å². The molecule has 2 aromatic rings. The first-order valence-corrected chi connectivity index (χ1v) is 10.5. The fraction of sp³-hybridized carbons (Fsp3) is 0.333. The van der Waals surface area contributed by atoms with E-state index in [1.165, 1.54) is 12.1 Å². The Kier molecular flexibility index (Phi) is 5.83. The minimum Gasteiger partial charge on any atom is -0.358 e. The molecular formula is C18H20FN3O2S2. The molecule has 1 N–H and O–H groups in total. The first kappa shape index (κ1) is 18.7. The zero-order valence-corrected chi connectivity index (χ0v) is 15.8. The normalized spacial score (nSPS) is 18.4. The van der Waals surface area contributed by atoms with Crippen LogP contribution in [0.3, 0.4) is 0 Å². The summed E-state index contributed by atoms with van der Waals surface area (Å²) >= 11 is 5.54. The molecule has 3 rings (SSSR count). The first-order valence-electron chi connectivity index (χ1n) is 8.31. The van der Waals surface area contributed by atoms with E-state index in [1.54, 1.807) is 24.5 Å². The maximum absolute atomic E-state index is 13.0. The lowest BCUT2D eigenvalue weighted by atomic mass is 10.2. The molecule has 0 spiro atoms. The highest BCUT2D eigenvalue weighted by molar-refractivity contribution is 7.91. The van der Waals surface area contributed by atoms with Crippen LogP contribution in [0.4, 0.5) is 4.39 Å². The molecule has 0 radical (unpaired) electrons. The van der Waals surface area contributed by atoms with Crippen molar-refractivity contribution in [3.8, 4) is 0 Å². The second-order valence-electron chi connectivity index (χ2n) is 6.33. The number of aromatic nitrogens is 1. The van der Waals surface area contributed by atoms with Crippen LogP contribution in [0.1, 0.15) is 17.5 Å². The lowest BCUT2D eigenvalue weighted by Gasteiger charge is -2.31. The Balaban J connectivity index is 1.71. The van der Waals surface area contributed by atoms with Gasteiger partial charge in [0.1, 0.15) is 5.82 Å². The summed E-state index contributed by atoms with van der Waals surface area (Å²) in [5, 5.41) is 3.65. The van der Waals surface area contributed by atoms with Gasteiger partial charge < -0.3 is 10.2 Å². The van der Waals surface area contributed by atoms with Gasteiger partial charge in [0.15, 0.2) is 14.9 Å². The van der Waals surface area contributed by atoms with Gasteiger partial charge >= 0.3 is 0 Å². The van der Waals surface area contributed by atoms with Crippen LogP contribution >= 0.6 is 12.2 Å². The van der Waals surface area contributed by atoms with Gasteiger partial charge in [0.2, 0.25) is 0 Å². The number of rotatable bonds is 5. The van der Waals surface area contributed by atoms with E-state index in [-0.39, 0.29) is 23.4 Å². The third-order valence-electron chi connectivity index (χ3n) is 4.34. The number of thiocarbonyl (C=S) groups is 1. The molecule has 1 aliphatic rings. The molecule has 2 heterocycles. The predicted molar refractivity (Wildman–Crippen MR) is 103 cm³/mol. The Labute approximate surface area is 158 Å². The molecule has 1 saturated heterocycles. The van der Waals surface area contributed by atoms with Crippen molar-refractivity contribution in [3.05, 3.63) is 65.7 Å². The number of hydrogen-bond donors (Lipinski definition) is 1. The van der Waals surface area contributed by atoms with Crippen molar-refractivity contribution in [1.29, 1.82) is 0 Å². The monoisotopic (exact) mass is 393 g/mol. The van der Waals surface area contributed by atoms with Gasteiger partial charge in [-0.15, -0.1) is 0 Å². The quantitative estimate of drug-likeness (QED) is 0.787. The van der Waals surface area contributed by atoms with Crippen LogP contribution in [0.5, 0.6) is 0 Å². The summed E-state index contributed by atoms with van der Waals surface area (Å²) in [6.45, 7) is 0.936. The zero-order chi connectivity index (χ0) is 18.6. The number of halogens is 1. The van der Waals surface area contributed by atoms with Crippen molar-refractivity contribution in [1.82, 2.24) is 15.2 Å². The lowest BCUT2D eigenvalue weighted by Crippen LogP contribution is -2.45. The molecule has 1 aromatic heterocycles. The Morgan fingerprint density at radius 3 is 2.65 bits per heavy atom. The number of sulfone groups is 1. The van der Waals surface area contributed by atoms with Crippen LogP contribution in [0.15, 0.2) is 48.8 Å². The molecule has 8 heteroatoms. The molecule has 0 unspecified atom stereocenters. The molecule has 1 aliphatic heterocycles. The third-order valence-corrected chi connectivity index (χ3v) is 6.47. The van der Waals surface area contributed by atoms with Crippen LogP contribution in [0, 0.1) is 5.82 Å². The maximum Gasteiger partial charge on any atom is 0.169 e. The Morgan fingerprint density at radius 1 is 1.27 bits per heavy atom. The maximum atomic E-state index is 13.0. The minimum absolute atomic E-state index is 0.103. The average Bonchev–Trinajstić information content (AvgIpc) is 2.99. The van der Waals surface area contributed by atoms with Gasteiger partial charge in [-0.1, -0.05) is 18.2 Å². The summed E-state index contributed by atoms with van der Waals surface area (Å²) in [6.07, 6.45) is 4.00. The topological polar surface area (TPSA) is 62.3 Å². The number of pyridine rings is 1. The number of benzene rings is 1. The van der Waals surface area contributed by atoms with Crippen LogP contribution in [0.2, 0.25) is 0 Å². The number of hydrogen-bond acceptors (Lipinski definition) is 4. The highest BCUT2D eigenvalue weighted by atomic mass is 32.2. The molecule has 138 valence electrons. The lowest BCUT2D eigenvalue weighted by molar-refractivity contribution is 0.322. The van der Waals surface area contributed by atoms with Gasteiger partial charge in [-0.25, -0.2) is 12.8 Å². The molecular weight excluding hydrogens is 373 g/mol. The molecule has 1 atom stereocenters. The summed E-state index contributed by atoms with van der Waals surface area (Å²) < 4.78 is 36.8. The second kappa shape index (κ2) is 8.09. The SMILES string of the molecule is O=S1(=O)CC[C@@H](N(Cc2cccnc2)C(=S)NCc2ccc(F)cc2)C1. The summed E-state index contributed by atoms with van der Waals surface area (Å²) in [5.41, 5.74) is 1.86. The third kappa shape index (κ3) is 4.98. The molecule has 26 heavy (non-hydrogen) atoms. The highest BCUT2D eigenvalue weighted by Gasteiger charge is 2.33.